The molecule has 0 aliphatic rings. The number of hydrogen-bond donors (Lipinski definition) is 1. The van der Waals surface area contributed by atoms with Gasteiger partial charge in [0.15, 0.2) is 0 Å². The van der Waals surface area contributed by atoms with E-state index in [1.54, 1.807) is 11.8 Å². The molecule has 1 atom stereocenters. The van der Waals surface area contributed by atoms with Crippen molar-refractivity contribution in [3.05, 3.63) is 6.33 Å². The number of thioether (sulfide) groups is 1. The minimum Gasteiger partial charge on any atom is -0.473 e. The molecule has 0 aliphatic heterocycles. The number of anilines is 1. The van der Waals surface area contributed by atoms with E-state index >= 15 is 0 Å². The quantitative estimate of drug-likeness (QED) is 0.634. The summed E-state index contributed by atoms with van der Waals surface area (Å²) in [4.78, 5) is 8.22. The first-order chi connectivity index (χ1) is 7.54. The van der Waals surface area contributed by atoms with Crippen molar-refractivity contribution < 1.29 is 4.74 Å². The molecule has 0 radical (unpaired) electrons. The van der Waals surface area contributed by atoms with E-state index in [1.807, 2.05) is 13.8 Å². The smallest absolute Gasteiger partial charge is 0.241 e. The standard InChI is InChI=1S/C11H19N3OS/c1-5-8(4)16-11-9(12)10(13-6-14-11)15-7(2)3/h6-8H,5,12H2,1-4H3. The predicted octanol–water partition coefficient (Wildman–Crippen LogP) is 2.74. The van der Waals surface area contributed by atoms with E-state index in [1.165, 1.54) is 6.33 Å². The molecule has 1 aromatic rings. The summed E-state index contributed by atoms with van der Waals surface area (Å²) in [6, 6.07) is 0. The Bertz CT molecular complexity index is 344. The highest BCUT2D eigenvalue weighted by atomic mass is 32.2. The number of hydrogen-bond acceptors (Lipinski definition) is 5. The Morgan fingerprint density at radius 1 is 1.38 bits per heavy atom. The first-order valence-electron chi connectivity index (χ1n) is 5.48. The highest BCUT2D eigenvalue weighted by Crippen LogP contribution is 2.32. The van der Waals surface area contributed by atoms with Gasteiger partial charge in [-0.05, 0) is 20.3 Å². The van der Waals surface area contributed by atoms with Gasteiger partial charge in [-0.2, -0.15) is 4.98 Å². The summed E-state index contributed by atoms with van der Waals surface area (Å²) in [6.07, 6.45) is 2.64. The van der Waals surface area contributed by atoms with Gasteiger partial charge in [0.2, 0.25) is 5.88 Å². The highest BCUT2D eigenvalue weighted by Gasteiger charge is 2.13. The van der Waals surface area contributed by atoms with Crippen LogP contribution in [-0.2, 0) is 0 Å². The molecule has 4 nitrogen and oxygen atoms in total. The zero-order valence-electron chi connectivity index (χ0n) is 10.2. The largest absolute Gasteiger partial charge is 0.473 e. The first-order valence-corrected chi connectivity index (χ1v) is 6.36. The minimum absolute atomic E-state index is 0.0682. The van der Waals surface area contributed by atoms with Crippen LogP contribution in [-0.4, -0.2) is 21.3 Å². The second-order valence-electron chi connectivity index (χ2n) is 3.90. The molecule has 0 aliphatic carbocycles. The second-order valence-corrected chi connectivity index (χ2v) is 5.33. The summed E-state index contributed by atoms with van der Waals surface area (Å²) >= 11 is 1.66. The number of nitrogen functional groups attached to an aromatic ring is 1. The van der Waals surface area contributed by atoms with Gasteiger partial charge in [-0.3, -0.25) is 0 Å². The van der Waals surface area contributed by atoms with Crippen LogP contribution in [0.25, 0.3) is 0 Å². The summed E-state index contributed by atoms with van der Waals surface area (Å²) < 4.78 is 5.51. The minimum atomic E-state index is 0.0682. The number of nitrogens with zero attached hydrogens (tertiary/aromatic N) is 2. The van der Waals surface area contributed by atoms with Gasteiger partial charge in [-0.15, -0.1) is 11.8 Å². The van der Waals surface area contributed by atoms with Gasteiger partial charge in [0, 0.05) is 5.25 Å². The lowest BCUT2D eigenvalue weighted by atomic mass is 10.4. The number of ether oxygens (including phenoxy) is 1. The van der Waals surface area contributed by atoms with Gasteiger partial charge >= 0.3 is 0 Å². The summed E-state index contributed by atoms with van der Waals surface area (Å²) in [5.74, 6) is 0.482. The molecule has 0 aromatic carbocycles. The van der Waals surface area contributed by atoms with Crippen LogP contribution in [0.5, 0.6) is 5.88 Å². The molecule has 16 heavy (non-hydrogen) atoms. The van der Waals surface area contributed by atoms with Crippen molar-refractivity contribution in [3.63, 3.8) is 0 Å². The van der Waals surface area contributed by atoms with Crippen molar-refractivity contribution in [3.8, 4) is 5.88 Å². The maximum absolute atomic E-state index is 5.96. The molecule has 5 heteroatoms. The van der Waals surface area contributed by atoms with E-state index in [9.17, 15) is 0 Å². The van der Waals surface area contributed by atoms with Crippen LogP contribution in [0.1, 0.15) is 34.1 Å². The Morgan fingerprint density at radius 3 is 2.62 bits per heavy atom. The van der Waals surface area contributed by atoms with Crippen LogP contribution < -0.4 is 10.5 Å². The number of rotatable bonds is 5. The topological polar surface area (TPSA) is 61.0 Å². The number of aromatic nitrogens is 2. The van der Waals surface area contributed by atoms with Gasteiger partial charge < -0.3 is 10.5 Å². The molecule has 0 bridgehead atoms. The van der Waals surface area contributed by atoms with Crippen LogP contribution in [0.4, 0.5) is 5.69 Å². The third kappa shape index (κ3) is 3.56. The van der Waals surface area contributed by atoms with Crippen molar-refractivity contribution in [1.29, 1.82) is 0 Å². The van der Waals surface area contributed by atoms with Crippen molar-refractivity contribution >= 4 is 17.4 Å². The van der Waals surface area contributed by atoms with E-state index in [4.69, 9.17) is 10.5 Å². The molecule has 0 amide bonds. The SMILES string of the molecule is CCC(C)Sc1ncnc(OC(C)C)c1N. The maximum Gasteiger partial charge on any atom is 0.241 e. The zero-order chi connectivity index (χ0) is 12.1. The average Bonchev–Trinajstić information content (AvgIpc) is 2.23. The molecule has 0 saturated carbocycles. The van der Waals surface area contributed by atoms with Crippen molar-refractivity contribution in [1.82, 2.24) is 9.97 Å². The summed E-state index contributed by atoms with van der Waals surface area (Å²) in [6.45, 7) is 8.18. The fourth-order valence-corrected chi connectivity index (χ4v) is 1.92. The Labute approximate surface area is 101 Å². The van der Waals surface area contributed by atoms with Crippen LogP contribution in [0.2, 0.25) is 0 Å². The van der Waals surface area contributed by atoms with E-state index in [-0.39, 0.29) is 6.10 Å². The normalized spacial score (nSPS) is 12.8. The van der Waals surface area contributed by atoms with Crippen molar-refractivity contribution in [2.24, 2.45) is 0 Å². The fraction of sp³-hybridized carbons (Fsp3) is 0.636. The summed E-state index contributed by atoms with van der Waals surface area (Å²) in [7, 11) is 0. The van der Waals surface area contributed by atoms with Crippen molar-refractivity contribution in [2.75, 3.05) is 5.73 Å². The van der Waals surface area contributed by atoms with Gasteiger partial charge in [0.05, 0.1) is 6.10 Å². The first kappa shape index (κ1) is 13.1. The van der Waals surface area contributed by atoms with E-state index in [0.717, 1.165) is 11.4 Å². The van der Waals surface area contributed by atoms with E-state index < -0.39 is 0 Å². The lowest BCUT2D eigenvalue weighted by Crippen LogP contribution is -2.10. The van der Waals surface area contributed by atoms with Gasteiger partial charge in [0.1, 0.15) is 17.0 Å². The predicted molar refractivity (Wildman–Crippen MR) is 67.8 cm³/mol. The molecule has 0 fully saturated rings. The molecule has 1 unspecified atom stereocenters. The Kier molecular flexibility index (Phi) is 4.86. The third-order valence-corrected chi connectivity index (χ3v) is 3.33. The Balaban J connectivity index is 2.86. The maximum atomic E-state index is 5.96. The van der Waals surface area contributed by atoms with Crippen molar-refractivity contribution in [2.45, 2.75) is 50.5 Å². The van der Waals surface area contributed by atoms with Crippen LogP contribution in [0.3, 0.4) is 0 Å². The summed E-state index contributed by atoms with van der Waals surface area (Å²) in [5.41, 5.74) is 6.51. The van der Waals surface area contributed by atoms with E-state index in [2.05, 4.69) is 23.8 Å². The molecular formula is C11H19N3OS. The molecule has 90 valence electrons. The van der Waals surface area contributed by atoms with Gasteiger partial charge in [-0.25, -0.2) is 4.98 Å². The molecule has 0 spiro atoms. The highest BCUT2D eigenvalue weighted by molar-refractivity contribution is 8.00. The molecule has 0 saturated heterocycles. The van der Waals surface area contributed by atoms with Gasteiger partial charge in [-0.1, -0.05) is 13.8 Å². The van der Waals surface area contributed by atoms with Crippen LogP contribution in [0, 0.1) is 0 Å². The number of nitrogens with two attached hydrogens (primary N) is 1. The summed E-state index contributed by atoms with van der Waals surface area (Å²) in [5, 5.41) is 1.30. The Morgan fingerprint density at radius 2 is 2.06 bits per heavy atom. The second kappa shape index (κ2) is 5.94. The molecule has 2 N–H and O–H groups in total. The molecule has 1 heterocycles. The molecular weight excluding hydrogens is 222 g/mol. The van der Waals surface area contributed by atoms with Crippen LogP contribution >= 0.6 is 11.8 Å². The van der Waals surface area contributed by atoms with Crippen LogP contribution in [0.15, 0.2) is 11.4 Å². The zero-order valence-corrected chi connectivity index (χ0v) is 11.0. The van der Waals surface area contributed by atoms with E-state index in [0.29, 0.717) is 16.8 Å². The lowest BCUT2D eigenvalue weighted by Gasteiger charge is -2.14. The molecule has 1 rings (SSSR count). The average molecular weight is 241 g/mol. The molecule has 1 aromatic heterocycles. The van der Waals surface area contributed by atoms with Gasteiger partial charge in [0.25, 0.3) is 0 Å². The lowest BCUT2D eigenvalue weighted by molar-refractivity contribution is 0.233. The fourth-order valence-electron chi connectivity index (χ4n) is 1.05. The third-order valence-electron chi connectivity index (χ3n) is 2.05. The Hall–Kier alpha value is -0.970. The monoisotopic (exact) mass is 241 g/mol.